The molecule has 0 saturated carbocycles. The van der Waals surface area contributed by atoms with Crippen molar-refractivity contribution in [2.75, 3.05) is 19.5 Å². The predicted molar refractivity (Wildman–Crippen MR) is 104 cm³/mol. The number of carbonyl (C=O) groups is 1. The van der Waals surface area contributed by atoms with E-state index in [-0.39, 0.29) is 33.8 Å². The van der Waals surface area contributed by atoms with E-state index < -0.39 is 23.8 Å². The van der Waals surface area contributed by atoms with Crippen molar-refractivity contribution in [3.05, 3.63) is 40.7 Å². The molecule has 0 fully saturated rings. The van der Waals surface area contributed by atoms with Crippen molar-refractivity contribution in [2.45, 2.75) is 19.2 Å². The molecule has 1 unspecified atom stereocenters. The molecule has 0 spiro atoms. The predicted octanol–water partition coefficient (Wildman–Crippen LogP) is 3.34. The topological polar surface area (TPSA) is 119 Å². The van der Waals surface area contributed by atoms with Crippen LogP contribution in [0, 0.1) is 0 Å². The lowest BCUT2D eigenvalue weighted by Crippen LogP contribution is -2.16. The normalized spacial score (nSPS) is 12.4. The molecule has 0 aromatic carbocycles. The van der Waals surface area contributed by atoms with E-state index in [1.165, 1.54) is 21.1 Å². The highest BCUT2D eigenvalue weighted by Gasteiger charge is 2.31. The van der Waals surface area contributed by atoms with Gasteiger partial charge in [-0.3, -0.25) is 15.1 Å². The summed E-state index contributed by atoms with van der Waals surface area (Å²) in [6.07, 6.45) is -3.70. The van der Waals surface area contributed by atoms with E-state index in [0.29, 0.717) is 11.1 Å². The average molecular weight is 455 g/mol. The lowest BCUT2D eigenvalue weighted by molar-refractivity contribution is -0.137. The Labute approximate surface area is 177 Å². The van der Waals surface area contributed by atoms with Crippen molar-refractivity contribution in [3.63, 3.8) is 0 Å². The molecule has 0 aliphatic heterocycles. The molecule has 0 aliphatic rings. The SMILES string of the molecule is COc1ncnc(OC)c1C(=O)Nc1nc(-c2ccc(C(F)(F)F)cn2)c(C(C)O)s1. The second-order valence-electron chi connectivity index (χ2n) is 6.06. The van der Waals surface area contributed by atoms with E-state index in [4.69, 9.17) is 9.47 Å². The van der Waals surface area contributed by atoms with Gasteiger partial charge in [0.05, 0.1) is 36.5 Å². The molecule has 0 radical (unpaired) electrons. The van der Waals surface area contributed by atoms with Gasteiger partial charge in [-0.2, -0.15) is 13.2 Å². The van der Waals surface area contributed by atoms with Gasteiger partial charge in [0, 0.05) is 6.20 Å². The Morgan fingerprint density at radius 3 is 2.29 bits per heavy atom. The molecule has 1 atom stereocenters. The number of aliphatic hydroxyl groups is 1. The second kappa shape index (κ2) is 8.81. The minimum absolute atomic E-state index is 0.0266. The number of nitrogens with one attached hydrogen (secondary N) is 1. The zero-order valence-electron chi connectivity index (χ0n) is 16.4. The highest BCUT2D eigenvalue weighted by atomic mass is 32.1. The third-order valence-corrected chi connectivity index (χ3v) is 5.12. The van der Waals surface area contributed by atoms with Gasteiger partial charge in [0.15, 0.2) is 10.7 Å². The summed E-state index contributed by atoms with van der Waals surface area (Å²) < 4.78 is 48.5. The number of aliphatic hydroxyl groups excluding tert-OH is 1. The van der Waals surface area contributed by atoms with Gasteiger partial charge in [0.2, 0.25) is 11.8 Å². The van der Waals surface area contributed by atoms with Gasteiger partial charge in [-0.1, -0.05) is 11.3 Å². The summed E-state index contributed by atoms with van der Waals surface area (Å²) in [6, 6.07) is 2.01. The fourth-order valence-corrected chi connectivity index (χ4v) is 3.48. The van der Waals surface area contributed by atoms with Gasteiger partial charge < -0.3 is 14.6 Å². The van der Waals surface area contributed by atoms with Crippen LogP contribution in [-0.4, -0.2) is 45.2 Å². The lowest BCUT2D eigenvalue weighted by atomic mass is 10.1. The largest absolute Gasteiger partial charge is 0.480 e. The van der Waals surface area contributed by atoms with Crippen LogP contribution in [0.25, 0.3) is 11.4 Å². The molecule has 1 amide bonds. The zero-order chi connectivity index (χ0) is 22.8. The number of aromatic nitrogens is 4. The summed E-state index contributed by atoms with van der Waals surface area (Å²) >= 11 is 0.944. The number of halogens is 3. The average Bonchev–Trinajstić information content (AvgIpc) is 3.16. The van der Waals surface area contributed by atoms with Crippen LogP contribution in [-0.2, 0) is 6.18 Å². The fourth-order valence-electron chi connectivity index (χ4n) is 2.57. The number of nitrogens with zero attached hydrogens (tertiary/aromatic N) is 4. The van der Waals surface area contributed by atoms with Crippen molar-refractivity contribution in [3.8, 4) is 23.1 Å². The number of thiazole rings is 1. The summed E-state index contributed by atoms with van der Waals surface area (Å²) in [4.78, 5) is 28.8. The minimum atomic E-state index is -4.53. The van der Waals surface area contributed by atoms with Crippen molar-refractivity contribution < 1.29 is 32.5 Å². The van der Waals surface area contributed by atoms with Crippen LogP contribution in [0.15, 0.2) is 24.7 Å². The van der Waals surface area contributed by atoms with Gasteiger partial charge in [-0.05, 0) is 19.1 Å². The zero-order valence-corrected chi connectivity index (χ0v) is 17.2. The van der Waals surface area contributed by atoms with E-state index in [1.54, 1.807) is 0 Å². The smallest absolute Gasteiger partial charge is 0.417 e. The van der Waals surface area contributed by atoms with Crippen LogP contribution < -0.4 is 14.8 Å². The Hall–Kier alpha value is -3.32. The Balaban J connectivity index is 1.96. The standard InChI is InChI=1S/C18H16F3N5O4S/c1-8(27)13-12(10-5-4-9(6-22-10)18(19,20)21)25-17(31-13)26-14(28)11-15(29-2)23-7-24-16(11)30-3/h4-8,27H,1-3H3,(H,25,26,28). The van der Waals surface area contributed by atoms with E-state index in [0.717, 1.165) is 29.8 Å². The number of carbonyl (C=O) groups excluding carboxylic acids is 1. The summed E-state index contributed by atoms with van der Waals surface area (Å²) in [5.41, 5.74) is -0.733. The Morgan fingerprint density at radius 2 is 1.81 bits per heavy atom. The molecular weight excluding hydrogens is 439 g/mol. The van der Waals surface area contributed by atoms with Gasteiger partial charge in [-0.25, -0.2) is 15.0 Å². The van der Waals surface area contributed by atoms with Crippen molar-refractivity contribution in [2.24, 2.45) is 0 Å². The number of rotatable bonds is 6. The monoisotopic (exact) mass is 455 g/mol. The molecule has 0 aliphatic carbocycles. The van der Waals surface area contributed by atoms with Crippen molar-refractivity contribution in [1.82, 2.24) is 19.9 Å². The molecule has 3 heterocycles. The molecule has 2 N–H and O–H groups in total. The number of amides is 1. The molecular formula is C18H16F3N5O4S. The third kappa shape index (κ3) is 4.72. The van der Waals surface area contributed by atoms with E-state index in [1.807, 2.05) is 0 Å². The molecule has 3 aromatic rings. The molecule has 0 saturated heterocycles. The first-order chi connectivity index (χ1) is 14.7. The number of methoxy groups -OCH3 is 2. The molecule has 3 rings (SSSR count). The number of hydrogen-bond donors (Lipinski definition) is 2. The highest BCUT2D eigenvalue weighted by molar-refractivity contribution is 7.16. The number of hydrogen-bond acceptors (Lipinski definition) is 9. The Morgan fingerprint density at radius 1 is 1.16 bits per heavy atom. The maximum atomic E-state index is 12.8. The lowest BCUT2D eigenvalue weighted by Gasteiger charge is -2.09. The summed E-state index contributed by atoms with van der Waals surface area (Å²) in [6.45, 7) is 1.46. The molecule has 9 nitrogen and oxygen atoms in total. The van der Waals surface area contributed by atoms with Crippen molar-refractivity contribution >= 4 is 22.4 Å². The molecule has 3 aromatic heterocycles. The third-order valence-electron chi connectivity index (χ3n) is 3.98. The van der Waals surface area contributed by atoms with Gasteiger partial charge >= 0.3 is 6.18 Å². The van der Waals surface area contributed by atoms with Crippen LogP contribution in [0.2, 0.25) is 0 Å². The van der Waals surface area contributed by atoms with E-state index in [9.17, 15) is 23.1 Å². The quantitative estimate of drug-likeness (QED) is 0.581. The molecule has 31 heavy (non-hydrogen) atoms. The Kier molecular flexibility index (Phi) is 6.36. The molecule has 0 bridgehead atoms. The first-order valence-corrected chi connectivity index (χ1v) is 9.44. The first-order valence-electron chi connectivity index (χ1n) is 8.62. The van der Waals surface area contributed by atoms with E-state index in [2.05, 4.69) is 25.3 Å². The van der Waals surface area contributed by atoms with E-state index >= 15 is 0 Å². The number of pyridine rings is 1. The van der Waals surface area contributed by atoms with Crippen LogP contribution in [0.5, 0.6) is 11.8 Å². The minimum Gasteiger partial charge on any atom is -0.480 e. The van der Waals surface area contributed by atoms with Gasteiger partial charge in [-0.15, -0.1) is 0 Å². The van der Waals surface area contributed by atoms with Gasteiger partial charge in [0.25, 0.3) is 5.91 Å². The maximum absolute atomic E-state index is 12.8. The fraction of sp³-hybridized carbons (Fsp3) is 0.278. The van der Waals surface area contributed by atoms with Crippen molar-refractivity contribution in [1.29, 1.82) is 0 Å². The van der Waals surface area contributed by atoms with Crippen LogP contribution in [0.4, 0.5) is 18.3 Å². The Bertz CT molecular complexity index is 1060. The summed E-state index contributed by atoms with van der Waals surface area (Å²) in [7, 11) is 2.64. The number of anilines is 1. The van der Waals surface area contributed by atoms with Crippen LogP contribution in [0.1, 0.15) is 33.8 Å². The summed E-state index contributed by atoms with van der Waals surface area (Å²) in [5.74, 6) is -0.741. The highest BCUT2D eigenvalue weighted by Crippen LogP contribution is 2.36. The maximum Gasteiger partial charge on any atom is 0.417 e. The first kappa shape index (κ1) is 22.4. The van der Waals surface area contributed by atoms with Gasteiger partial charge in [0.1, 0.15) is 12.0 Å². The number of alkyl halides is 3. The second-order valence-corrected chi connectivity index (χ2v) is 7.09. The summed E-state index contributed by atoms with van der Waals surface area (Å²) in [5, 5.41) is 12.7. The molecule has 164 valence electrons. The molecule has 13 heteroatoms. The van der Waals surface area contributed by atoms with Crippen LogP contribution in [0.3, 0.4) is 0 Å². The van der Waals surface area contributed by atoms with Crippen LogP contribution >= 0.6 is 11.3 Å². The number of ether oxygens (including phenoxy) is 2.